The molecule has 1 aromatic carbocycles. The second-order valence-electron chi connectivity index (χ2n) is 4.45. The van der Waals surface area contributed by atoms with E-state index < -0.39 is 0 Å². The summed E-state index contributed by atoms with van der Waals surface area (Å²) < 4.78 is 0. The minimum absolute atomic E-state index is 0.131. The van der Waals surface area contributed by atoms with Crippen molar-refractivity contribution in [2.45, 2.75) is 18.8 Å². The summed E-state index contributed by atoms with van der Waals surface area (Å²) in [5.41, 5.74) is 7.31. The van der Waals surface area contributed by atoms with Gasteiger partial charge >= 0.3 is 0 Å². The predicted octanol–water partition coefficient (Wildman–Crippen LogP) is 2.78. The summed E-state index contributed by atoms with van der Waals surface area (Å²) in [4.78, 5) is 11.5. The lowest BCUT2D eigenvalue weighted by Crippen LogP contribution is -2.20. The van der Waals surface area contributed by atoms with E-state index in [4.69, 9.17) is 5.73 Å². The van der Waals surface area contributed by atoms with Gasteiger partial charge in [0.2, 0.25) is 5.91 Å². The molecule has 2 N–H and O–H groups in total. The van der Waals surface area contributed by atoms with Gasteiger partial charge in [-0.15, -0.1) is 0 Å². The molecule has 2 rings (SSSR count). The molecule has 1 fully saturated rings. The Hall–Kier alpha value is -1.83. The normalized spacial score (nSPS) is 17.5. The van der Waals surface area contributed by atoms with Crippen molar-refractivity contribution >= 4 is 5.91 Å². The maximum absolute atomic E-state index is 11.5. The van der Waals surface area contributed by atoms with Crippen LogP contribution in [0.25, 0.3) is 0 Å². The number of carbonyl (C=O) groups excluding carboxylic acids is 1. The fraction of sp³-hybridized carbons (Fsp3) is 0.267. The highest BCUT2D eigenvalue weighted by Crippen LogP contribution is 2.46. The van der Waals surface area contributed by atoms with E-state index in [0.29, 0.717) is 11.5 Å². The third-order valence-corrected chi connectivity index (χ3v) is 3.17. The molecule has 0 saturated heterocycles. The van der Waals surface area contributed by atoms with Crippen LogP contribution < -0.4 is 5.73 Å². The largest absolute Gasteiger partial charge is 0.366 e. The van der Waals surface area contributed by atoms with Crippen LogP contribution in [-0.2, 0) is 4.79 Å². The fourth-order valence-electron chi connectivity index (χ4n) is 2.26. The number of benzene rings is 1. The van der Waals surface area contributed by atoms with E-state index in [1.165, 1.54) is 18.4 Å². The Morgan fingerprint density at radius 3 is 2.47 bits per heavy atom. The monoisotopic (exact) mass is 227 g/mol. The summed E-state index contributed by atoms with van der Waals surface area (Å²) >= 11 is 0. The molecule has 0 bridgehead atoms. The molecule has 1 amide bonds. The Morgan fingerprint density at radius 1 is 1.35 bits per heavy atom. The van der Waals surface area contributed by atoms with Gasteiger partial charge in [-0.05, 0) is 24.3 Å². The summed E-state index contributed by atoms with van der Waals surface area (Å²) in [6.07, 6.45) is 5.72. The summed E-state index contributed by atoms with van der Waals surface area (Å²) in [6, 6.07) is 10.1. The molecule has 0 spiro atoms. The predicted molar refractivity (Wildman–Crippen MR) is 69.4 cm³/mol. The summed E-state index contributed by atoms with van der Waals surface area (Å²) in [6.45, 7) is 3.65. The maximum atomic E-state index is 11.5. The Labute approximate surface area is 102 Å². The zero-order valence-corrected chi connectivity index (χ0v) is 9.80. The molecule has 17 heavy (non-hydrogen) atoms. The van der Waals surface area contributed by atoms with Crippen LogP contribution in [0.2, 0.25) is 0 Å². The van der Waals surface area contributed by atoms with Crippen LogP contribution in [0.3, 0.4) is 0 Å². The first-order valence-corrected chi connectivity index (χ1v) is 5.91. The summed E-state index contributed by atoms with van der Waals surface area (Å²) in [7, 11) is 0. The van der Waals surface area contributed by atoms with E-state index in [1.54, 1.807) is 12.2 Å². The molecule has 1 aromatic rings. The second-order valence-corrected chi connectivity index (χ2v) is 4.45. The number of hydrogen-bond donors (Lipinski definition) is 1. The smallest absolute Gasteiger partial charge is 0.245 e. The highest BCUT2D eigenvalue weighted by molar-refractivity contribution is 5.94. The molecule has 1 aliphatic rings. The van der Waals surface area contributed by atoms with Crippen LogP contribution in [0.5, 0.6) is 0 Å². The Bertz CT molecular complexity index is 443. The van der Waals surface area contributed by atoms with Crippen LogP contribution in [-0.4, -0.2) is 5.91 Å². The van der Waals surface area contributed by atoms with Crippen molar-refractivity contribution in [3.63, 3.8) is 0 Å². The third-order valence-electron chi connectivity index (χ3n) is 3.17. The van der Waals surface area contributed by atoms with Crippen molar-refractivity contribution in [1.82, 2.24) is 0 Å². The van der Waals surface area contributed by atoms with Crippen molar-refractivity contribution < 1.29 is 4.79 Å². The van der Waals surface area contributed by atoms with Crippen molar-refractivity contribution in [1.29, 1.82) is 0 Å². The molecule has 88 valence electrons. The molecule has 0 aliphatic heterocycles. The van der Waals surface area contributed by atoms with Crippen molar-refractivity contribution in [2.75, 3.05) is 0 Å². The first kappa shape index (κ1) is 11.6. The molecule has 2 nitrogen and oxygen atoms in total. The molecule has 1 aliphatic carbocycles. The molecule has 0 heterocycles. The van der Waals surface area contributed by atoms with Crippen LogP contribution in [0, 0.1) is 5.92 Å². The lowest BCUT2D eigenvalue weighted by Gasteiger charge is -2.18. The lowest BCUT2D eigenvalue weighted by molar-refractivity contribution is -0.114. The van der Waals surface area contributed by atoms with Crippen LogP contribution in [0.1, 0.15) is 24.3 Å². The SMILES string of the molecule is C=CC=C(C(N)=O)[C@H](c1ccccc1)C1CC1. The summed E-state index contributed by atoms with van der Waals surface area (Å²) in [5.74, 6) is 0.341. The number of allylic oxidation sites excluding steroid dienone is 2. The van der Waals surface area contributed by atoms with E-state index >= 15 is 0 Å². The topological polar surface area (TPSA) is 43.1 Å². The van der Waals surface area contributed by atoms with Crippen LogP contribution in [0.15, 0.2) is 54.6 Å². The number of carbonyl (C=O) groups is 1. The standard InChI is InChI=1S/C15H17NO/c1-2-6-13(15(16)17)14(12-9-10-12)11-7-4-3-5-8-11/h2-8,12,14H,1,9-10H2,(H2,16,17)/t14-/m1/s1. The number of nitrogens with two attached hydrogens (primary N) is 1. The van der Waals surface area contributed by atoms with E-state index in [9.17, 15) is 4.79 Å². The highest BCUT2D eigenvalue weighted by Gasteiger charge is 2.36. The van der Waals surface area contributed by atoms with Gasteiger partial charge in [-0.2, -0.15) is 0 Å². The number of primary amides is 1. The molecular formula is C15H17NO. The molecule has 0 aromatic heterocycles. The Balaban J connectivity index is 2.38. The van der Waals surface area contributed by atoms with E-state index in [2.05, 4.69) is 18.7 Å². The highest BCUT2D eigenvalue weighted by atomic mass is 16.1. The zero-order valence-electron chi connectivity index (χ0n) is 9.80. The first-order chi connectivity index (χ1) is 8.24. The third kappa shape index (κ3) is 2.64. The van der Waals surface area contributed by atoms with Gasteiger partial charge in [-0.1, -0.05) is 49.1 Å². The maximum Gasteiger partial charge on any atom is 0.245 e. The Morgan fingerprint density at radius 2 is 2.00 bits per heavy atom. The quantitative estimate of drug-likeness (QED) is 0.610. The van der Waals surface area contributed by atoms with Gasteiger partial charge in [0.15, 0.2) is 0 Å². The first-order valence-electron chi connectivity index (χ1n) is 5.91. The van der Waals surface area contributed by atoms with Gasteiger partial charge in [0, 0.05) is 11.5 Å². The number of hydrogen-bond acceptors (Lipinski definition) is 1. The molecule has 2 heteroatoms. The van der Waals surface area contributed by atoms with E-state index in [-0.39, 0.29) is 11.8 Å². The van der Waals surface area contributed by atoms with Crippen molar-refractivity contribution in [3.05, 3.63) is 60.2 Å². The summed E-state index contributed by atoms with van der Waals surface area (Å²) in [5, 5.41) is 0. The van der Waals surface area contributed by atoms with Gasteiger partial charge in [0.05, 0.1) is 0 Å². The van der Waals surface area contributed by atoms with Gasteiger partial charge in [-0.25, -0.2) is 0 Å². The minimum Gasteiger partial charge on any atom is -0.366 e. The Kier molecular flexibility index (Phi) is 3.43. The fourth-order valence-corrected chi connectivity index (χ4v) is 2.26. The lowest BCUT2D eigenvalue weighted by atomic mass is 9.86. The molecule has 1 atom stereocenters. The average molecular weight is 227 g/mol. The number of amides is 1. The van der Waals surface area contributed by atoms with Gasteiger partial charge < -0.3 is 5.73 Å². The van der Waals surface area contributed by atoms with Crippen LogP contribution >= 0.6 is 0 Å². The van der Waals surface area contributed by atoms with E-state index in [0.717, 1.165) is 0 Å². The molecule has 0 radical (unpaired) electrons. The zero-order chi connectivity index (χ0) is 12.3. The van der Waals surface area contributed by atoms with Crippen molar-refractivity contribution in [2.24, 2.45) is 11.7 Å². The van der Waals surface area contributed by atoms with E-state index in [1.807, 2.05) is 18.2 Å². The molecule has 1 saturated carbocycles. The van der Waals surface area contributed by atoms with Gasteiger partial charge in [0.25, 0.3) is 0 Å². The minimum atomic E-state index is -0.342. The van der Waals surface area contributed by atoms with Gasteiger partial charge in [0.1, 0.15) is 0 Å². The average Bonchev–Trinajstić information content (AvgIpc) is 3.14. The number of rotatable bonds is 5. The van der Waals surface area contributed by atoms with Gasteiger partial charge in [-0.3, -0.25) is 4.79 Å². The van der Waals surface area contributed by atoms with Crippen molar-refractivity contribution in [3.8, 4) is 0 Å². The molecule has 0 unspecified atom stereocenters. The van der Waals surface area contributed by atoms with Crippen LogP contribution in [0.4, 0.5) is 0 Å². The second kappa shape index (κ2) is 5.00. The molecular weight excluding hydrogens is 210 g/mol.